The Hall–Kier alpha value is 0.197. The molecular formula is C9H14NaO2Si. The van der Waals surface area contributed by atoms with Gasteiger partial charge in [0.05, 0.1) is 7.11 Å². The molecule has 0 saturated carbocycles. The van der Waals surface area contributed by atoms with Crippen LogP contribution in [0.2, 0.25) is 13.1 Å². The average molecular weight is 205 g/mol. The smallest absolute Gasteiger partial charge is 0.213 e. The van der Waals surface area contributed by atoms with E-state index in [1.54, 1.807) is 7.11 Å². The molecule has 0 aliphatic heterocycles. The van der Waals surface area contributed by atoms with Gasteiger partial charge in [-0.3, -0.25) is 0 Å². The molecule has 1 aromatic rings. The maximum atomic E-state index is 9.75. The fourth-order valence-corrected chi connectivity index (χ4v) is 1.98. The van der Waals surface area contributed by atoms with Gasteiger partial charge in [-0.1, -0.05) is 12.1 Å². The van der Waals surface area contributed by atoms with Gasteiger partial charge in [-0.2, -0.15) is 0 Å². The SMILES string of the molecule is COc1ccc([Si](C)(C)O)cc1.[Na]. The first kappa shape index (κ1) is 13.2. The van der Waals surface area contributed by atoms with Gasteiger partial charge in [-0.25, -0.2) is 0 Å². The summed E-state index contributed by atoms with van der Waals surface area (Å²) in [4.78, 5) is 9.75. The van der Waals surface area contributed by atoms with Gasteiger partial charge >= 0.3 is 0 Å². The Kier molecular flexibility index (Phi) is 5.25. The molecule has 0 atom stereocenters. The first-order valence-electron chi connectivity index (χ1n) is 3.91. The summed E-state index contributed by atoms with van der Waals surface area (Å²) >= 11 is 0. The first-order valence-corrected chi connectivity index (χ1v) is 6.85. The van der Waals surface area contributed by atoms with Gasteiger partial charge in [-0.15, -0.1) is 0 Å². The minimum absolute atomic E-state index is 0. The summed E-state index contributed by atoms with van der Waals surface area (Å²) in [5, 5.41) is 1.03. The third kappa shape index (κ3) is 3.83. The van der Waals surface area contributed by atoms with Crippen LogP contribution < -0.4 is 9.92 Å². The van der Waals surface area contributed by atoms with Gasteiger partial charge in [-0.05, 0) is 30.4 Å². The van der Waals surface area contributed by atoms with Crippen molar-refractivity contribution in [2.75, 3.05) is 7.11 Å². The molecule has 0 aliphatic carbocycles. The first-order chi connectivity index (χ1) is 5.54. The number of methoxy groups -OCH3 is 1. The van der Waals surface area contributed by atoms with Crippen molar-refractivity contribution in [2.24, 2.45) is 0 Å². The van der Waals surface area contributed by atoms with E-state index in [0.29, 0.717) is 0 Å². The molecule has 0 fully saturated rings. The van der Waals surface area contributed by atoms with Crippen LogP contribution in [0.1, 0.15) is 0 Å². The maximum absolute atomic E-state index is 9.75. The third-order valence-corrected chi connectivity index (χ3v) is 3.54. The van der Waals surface area contributed by atoms with Crippen molar-refractivity contribution in [3.05, 3.63) is 24.3 Å². The second-order valence-corrected chi connectivity index (χ2v) is 6.98. The van der Waals surface area contributed by atoms with Crippen LogP contribution >= 0.6 is 0 Å². The predicted octanol–water partition coefficient (Wildman–Crippen LogP) is 0.719. The van der Waals surface area contributed by atoms with Gasteiger partial charge in [0.25, 0.3) is 0 Å². The quantitative estimate of drug-likeness (QED) is 0.721. The van der Waals surface area contributed by atoms with Crippen molar-refractivity contribution in [1.82, 2.24) is 0 Å². The van der Waals surface area contributed by atoms with E-state index in [0.717, 1.165) is 10.9 Å². The van der Waals surface area contributed by atoms with E-state index in [2.05, 4.69) is 0 Å². The molecule has 1 N–H and O–H groups in total. The number of hydrogen-bond acceptors (Lipinski definition) is 2. The third-order valence-electron chi connectivity index (χ3n) is 1.80. The van der Waals surface area contributed by atoms with E-state index in [-0.39, 0.29) is 29.6 Å². The second kappa shape index (κ2) is 5.17. The normalized spacial score (nSPS) is 10.5. The number of ether oxygens (including phenoxy) is 1. The Labute approximate surface area is 102 Å². The standard InChI is InChI=1S/C9H14O2Si.Na/c1-11-8-4-6-9(7-5-8)12(2,3)10;/h4-7,10H,1-3H3;. The monoisotopic (exact) mass is 205 g/mol. The molecule has 0 bridgehead atoms. The van der Waals surface area contributed by atoms with Crippen LogP contribution in [0.4, 0.5) is 0 Å². The molecule has 0 saturated heterocycles. The van der Waals surface area contributed by atoms with E-state index in [9.17, 15) is 4.80 Å². The maximum Gasteiger partial charge on any atom is 0.213 e. The Balaban J connectivity index is 0.00000144. The summed E-state index contributed by atoms with van der Waals surface area (Å²) in [6.45, 7) is 3.80. The van der Waals surface area contributed by atoms with E-state index < -0.39 is 8.32 Å². The van der Waals surface area contributed by atoms with E-state index in [1.807, 2.05) is 37.4 Å². The predicted molar refractivity (Wildman–Crippen MR) is 58.1 cm³/mol. The topological polar surface area (TPSA) is 29.5 Å². The molecule has 1 aromatic carbocycles. The fourth-order valence-electron chi connectivity index (χ4n) is 0.999. The van der Waals surface area contributed by atoms with Crippen LogP contribution in [0.3, 0.4) is 0 Å². The summed E-state index contributed by atoms with van der Waals surface area (Å²) in [6.07, 6.45) is 0. The molecule has 67 valence electrons. The zero-order chi connectivity index (χ0) is 9.19. The van der Waals surface area contributed by atoms with Crippen molar-refractivity contribution in [3.8, 4) is 5.75 Å². The molecule has 0 unspecified atom stereocenters. The summed E-state index contributed by atoms with van der Waals surface area (Å²) in [7, 11) is -0.489. The minimum atomic E-state index is -2.12. The summed E-state index contributed by atoms with van der Waals surface area (Å²) in [5.74, 6) is 0.831. The molecular weight excluding hydrogens is 191 g/mol. The van der Waals surface area contributed by atoms with Crippen molar-refractivity contribution < 1.29 is 9.53 Å². The molecule has 2 nitrogen and oxygen atoms in total. The summed E-state index contributed by atoms with van der Waals surface area (Å²) in [5.41, 5.74) is 0. The summed E-state index contributed by atoms with van der Waals surface area (Å²) in [6, 6.07) is 7.59. The van der Waals surface area contributed by atoms with Gasteiger partial charge in [0, 0.05) is 29.6 Å². The largest absolute Gasteiger partial charge is 0.497 e. The van der Waals surface area contributed by atoms with Crippen molar-refractivity contribution in [2.45, 2.75) is 13.1 Å². The Bertz CT molecular complexity index is 253. The zero-order valence-corrected chi connectivity index (χ0v) is 11.7. The molecule has 4 heteroatoms. The Morgan fingerprint density at radius 3 is 1.92 bits per heavy atom. The van der Waals surface area contributed by atoms with E-state index >= 15 is 0 Å². The number of hydrogen-bond donors (Lipinski definition) is 1. The van der Waals surface area contributed by atoms with Crippen LogP contribution in [0.25, 0.3) is 0 Å². The van der Waals surface area contributed by atoms with Gasteiger partial charge in [0.1, 0.15) is 5.75 Å². The van der Waals surface area contributed by atoms with E-state index in [1.165, 1.54) is 0 Å². The van der Waals surface area contributed by atoms with Gasteiger partial charge in [0.2, 0.25) is 8.32 Å². The zero-order valence-electron chi connectivity index (χ0n) is 8.66. The second-order valence-electron chi connectivity index (χ2n) is 3.29. The molecule has 0 amide bonds. The van der Waals surface area contributed by atoms with Crippen LogP contribution in [0, 0.1) is 0 Å². The molecule has 0 heterocycles. The van der Waals surface area contributed by atoms with Crippen LogP contribution in [-0.2, 0) is 0 Å². The Morgan fingerprint density at radius 1 is 1.15 bits per heavy atom. The summed E-state index contributed by atoms with van der Waals surface area (Å²) < 4.78 is 5.02. The minimum Gasteiger partial charge on any atom is -0.497 e. The molecule has 13 heavy (non-hydrogen) atoms. The van der Waals surface area contributed by atoms with Gasteiger partial charge < -0.3 is 9.53 Å². The van der Waals surface area contributed by atoms with Crippen molar-refractivity contribution in [1.29, 1.82) is 0 Å². The molecule has 1 rings (SSSR count). The van der Waals surface area contributed by atoms with Crippen LogP contribution in [0.5, 0.6) is 5.75 Å². The van der Waals surface area contributed by atoms with Crippen LogP contribution in [0.15, 0.2) is 24.3 Å². The van der Waals surface area contributed by atoms with Crippen molar-refractivity contribution in [3.63, 3.8) is 0 Å². The van der Waals surface area contributed by atoms with Crippen molar-refractivity contribution >= 4 is 43.1 Å². The number of rotatable bonds is 2. The van der Waals surface area contributed by atoms with Gasteiger partial charge in [0.15, 0.2) is 0 Å². The average Bonchev–Trinajstić information content (AvgIpc) is 2.03. The molecule has 1 radical (unpaired) electrons. The van der Waals surface area contributed by atoms with Crippen LogP contribution in [-0.4, -0.2) is 49.8 Å². The molecule has 0 aliphatic rings. The van der Waals surface area contributed by atoms with E-state index in [4.69, 9.17) is 4.74 Å². The Morgan fingerprint density at radius 2 is 1.62 bits per heavy atom. The molecule has 0 aromatic heterocycles. The fraction of sp³-hybridized carbons (Fsp3) is 0.333. The number of benzene rings is 1. The molecule has 0 spiro atoms.